The molecule has 2 aromatic heterocycles. The van der Waals surface area contributed by atoms with E-state index < -0.39 is 0 Å². The number of carbonyl (C=O) groups is 1. The van der Waals surface area contributed by atoms with Crippen LogP contribution < -0.4 is 10.9 Å². The van der Waals surface area contributed by atoms with E-state index in [2.05, 4.69) is 37.7 Å². The van der Waals surface area contributed by atoms with Gasteiger partial charge in [-0.15, -0.1) is 17.9 Å². The number of allylic oxidation sites excluding steroid dienone is 1. The molecule has 0 spiro atoms. The number of rotatable bonds is 9. The van der Waals surface area contributed by atoms with Crippen LogP contribution >= 0.6 is 23.1 Å². The van der Waals surface area contributed by atoms with Gasteiger partial charge in [-0.1, -0.05) is 38.6 Å². The Balaban J connectivity index is 2.26. The maximum atomic E-state index is 12.8. The first-order valence-electron chi connectivity index (χ1n) is 8.60. The predicted molar refractivity (Wildman–Crippen MR) is 107 cm³/mol. The normalized spacial score (nSPS) is 11.2. The largest absolute Gasteiger partial charge is 0.353 e. The summed E-state index contributed by atoms with van der Waals surface area (Å²) < 4.78 is 1.59. The highest BCUT2D eigenvalue weighted by molar-refractivity contribution is 7.99. The number of aromatic nitrogens is 2. The fourth-order valence-electron chi connectivity index (χ4n) is 2.51. The summed E-state index contributed by atoms with van der Waals surface area (Å²) in [6, 6.07) is 2.12. The SMILES string of the molecule is C=CCn1c(SCC(=O)NC(CC)CC)nc2sc(CC)cc2c1=O. The Morgan fingerprint density at radius 3 is 2.76 bits per heavy atom. The van der Waals surface area contributed by atoms with Crippen molar-refractivity contribution in [1.29, 1.82) is 0 Å². The van der Waals surface area contributed by atoms with Crippen molar-refractivity contribution in [2.24, 2.45) is 0 Å². The predicted octanol–water partition coefficient (Wildman–Crippen LogP) is 3.60. The van der Waals surface area contributed by atoms with Crippen LogP contribution in [-0.4, -0.2) is 27.3 Å². The monoisotopic (exact) mass is 379 g/mol. The zero-order valence-electron chi connectivity index (χ0n) is 15.0. The van der Waals surface area contributed by atoms with Crippen LogP contribution in [0, 0.1) is 0 Å². The van der Waals surface area contributed by atoms with Crippen LogP contribution in [0.1, 0.15) is 38.5 Å². The van der Waals surface area contributed by atoms with E-state index in [0.29, 0.717) is 17.1 Å². The van der Waals surface area contributed by atoms with Crippen molar-refractivity contribution in [1.82, 2.24) is 14.9 Å². The Labute approximate surface area is 156 Å². The Bertz CT molecular complexity index is 806. The van der Waals surface area contributed by atoms with E-state index in [-0.39, 0.29) is 23.3 Å². The Morgan fingerprint density at radius 1 is 1.44 bits per heavy atom. The van der Waals surface area contributed by atoms with Crippen molar-refractivity contribution in [2.75, 3.05) is 5.75 Å². The van der Waals surface area contributed by atoms with Gasteiger partial charge in [0.2, 0.25) is 5.91 Å². The minimum atomic E-state index is -0.0660. The molecule has 136 valence electrons. The summed E-state index contributed by atoms with van der Waals surface area (Å²) in [4.78, 5) is 31.4. The van der Waals surface area contributed by atoms with Gasteiger partial charge >= 0.3 is 0 Å². The van der Waals surface area contributed by atoms with Crippen LogP contribution in [0.5, 0.6) is 0 Å². The van der Waals surface area contributed by atoms with Crippen LogP contribution in [-0.2, 0) is 17.8 Å². The number of amides is 1. The molecule has 0 aromatic carbocycles. The summed E-state index contributed by atoms with van der Waals surface area (Å²) in [6.07, 6.45) is 4.37. The molecule has 0 aliphatic heterocycles. The number of thioether (sulfide) groups is 1. The minimum Gasteiger partial charge on any atom is -0.353 e. The second kappa shape index (κ2) is 9.20. The lowest BCUT2D eigenvalue weighted by atomic mass is 10.2. The number of nitrogens with one attached hydrogen (secondary N) is 1. The molecule has 1 amide bonds. The third kappa shape index (κ3) is 4.73. The first kappa shape index (κ1) is 19.7. The standard InChI is InChI=1S/C18H25N3O2S2/c1-5-9-21-17(23)14-10-13(8-4)25-16(14)20-18(21)24-11-15(22)19-12(6-2)7-3/h5,10,12H,1,6-9,11H2,2-4H3,(H,19,22). The second-order valence-electron chi connectivity index (χ2n) is 5.75. The topological polar surface area (TPSA) is 64.0 Å². The second-order valence-corrected chi connectivity index (χ2v) is 7.81. The van der Waals surface area contributed by atoms with E-state index in [1.165, 1.54) is 11.8 Å². The van der Waals surface area contributed by atoms with E-state index in [4.69, 9.17) is 0 Å². The van der Waals surface area contributed by atoms with Gasteiger partial charge in [-0.05, 0) is 25.3 Å². The number of hydrogen-bond donors (Lipinski definition) is 1. The van der Waals surface area contributed by atoms with Crippen molar-refractivity contribution in [3.63, 3.8) is 0 Å². The van der Waals surface area contributed by atoms with Gasteiger partial charge in [0.05, 0.1) is 11.1 Å². The van der Waals surface area contributed by atoms with Gasteiger partial charge in [0.1, 0.15) is 4.83 Å². The first-order chi connectivity index (χ1) is 12.0. The number of carbonyl (C=O) groups excluding carboxylic acids is 1. The molecule has 0 saturated carbocycles. The molecular formula is C18H25N3O2S2. The molecule has 0 atom stereocenters. The van der Waals surface area contributed by atoms with Gasteiger partial charge in [0.25, 0.3) is 5.56 Å². The van der Waals surface area contributed by atoms with Gasteiger partial charge < -0.3 is 5.32 Å². The Kier molecular flexibility index (Phi) is 7.25. The quantitative estimate of drug-likeness (QED) is 0.411. The Hall–Kier alpha value is -1.60. The summed E-state index contributed by atoms with van der Waals surface area (Å²) in [5.41, 5.74) is -0.0660. The van der Waals surface area contributed by atoms with E-state index >= 15 is 0 Å². The average molecular weight is 380 g/mol. The number of aryl methyl sites for hydroxylation is 1. The van der Waals surface area contributed by atoms with Gasteiger partial charge in [-0.2, -0.15) is 0 Å². The third-order valence-electron chi connectivity index (χ3n) is 4.01. The molecule has 5 nitrogen and oxygen atoms in total. The summed E-state index contributed by atoms with van der Waals surface area (Å²) in [6.45, 7) is 10.3. The number of thiophene rings is 1. The van der Waals surface area contributed by atoms with Crippen molar-refractivity contribution >= 4 is 39.2 Å². The average Bonchev–Trinajstić information content (AvgIpc) is 3.04. The molecule has 0 saturated heterocycles. The molecule has 1 N–H and O–H groups in total. The highest BCUT2D eigenvalue weighted by Gasteiger charge is 2.15. The third-order valence-corrected chi connectivity index (χ3v) is 6.16. The maximum absolute atomic E-state index is 12.8. The summed E-state index contributed by atoms with van der Waals surface area (Å²) >= 11 is 2.84. The van der Waals surface area contributed by atoms with Gasteiger partial charge in [-0.3, -0.25) is 14.2 Å². The number of fused-ring (bicyclic) bond motifs is 1. The molecule has 0 aliphatic carbocycles. The van der Waals surface area contributed by atoms with Gasteiger partial charge in [0, 0.05) is 17.5 Å². The fourth-order valence-corrected chi connectivity index (χ4v) is 4.34. The molecule has 0 radical (unpaired) electrons. The van der Waals surface area contributed by atoms with Crippen molar-refractivity contribution < 1.29 is 4.79 Å². The minimum absolute atomic E-state index is 0.0291. The summed E-state index contributed by atoms with van der Waals surface area (Å²) in [7, 11) is 0. The van der Waals surface area contributed by atoms with Crippen LogP contribution in [0.2, 0.25) is 0 Å². The van der Waals surface area contributed by atoms with Gasteiger partial charge in [-0.25, -0.2) is 4.98 Å². The molecule has 2 heterocycles. The molecule has 2 rings (SSSR count). The summed E-state index contributed by atoms with van der Waals surface area (Å²) in [5.74, 6) is 0.219. The molecule has 2 aromatic rings. The molecule has 7 heteroatoms. The zero-order valence-corrected chi connectivity index (χ0v) is 16.6. The highest BCUT2D eigenvalue weighted by Crippen LogP contribution is 2.25. The highest BCUT2D eigenvalue weighted by atomic mass is 32.2. The molecule has 0 aliphatic rings. The molecular weight excluding hydrogens is 354 g/mol. The molecule has 0 bridgehead atoms. The fraction of sp³-hybridized carbons (Fsp3) is 0.500. The van der Waals surface area contributed by atoms with Gasteiger partial charge in [0.15, 0.2) is 5.16 Å². The van der Waals surface area contributed by atoms with E-state index in [9.17, 15) is 9.59 Å². The summed E-state index contributed by atoms with van der Waals surface area (Å²) in [5, 5.41) is 4.23. The van der Waals surface area contributed by atoms with E-state index in [1.807, 2.05) is 6.07 Å². The van der Waals surface area contributed by atoms with Crippen molar-refractivity contribution in [3.8, 4) is 0 Å². The number of nitrogens with zero attached hydrogens (tertiary/aromatic N) is 2. The first-order valence-corrected chi connectivity index (χ1v) is 10.4. The molecule has 25 heavy (non-hydrogen) atoms. The van der Waals surface area contributed by atoms with Crippen LogP contribution in [0.15, 0.2) is 28.7 Å². The smallest absolute Gasteiger partial charge is 0.263 e. The number of hydrogen-bond acceptors (Lipinski definition) is 5. The van der Waals surface area contributed by atoms with Crippen molar-refractivity contribution in [2.45, 2.75) is 57.8 Å². The maximum Gasteiger partial charge on any atom is 0.263 e. The Morgan fingerprint density at radius 2 is 2.16 bits per heavy atom. The van der Waals surface area contributed by atoms with Crippen molar-refractivity contribution in [3.05, 3.63) is 34.0 Å². The lowest BCUT2D eigenvalue weighted by Crippen LogP contribution is -2.35. The van der Waals surface area contributed by atoms with E-state index in [0.717, 1.165) is 29.0 Å². The van der Waals surface area contributed by atoms with Crippen LogP contribution in [0.25, 0.3) is 10.2 Å². The zero-order chi connectivity index (χ0) is 18.4. The lowest BCUT2D eigenvalue weighted by molar-refractivity contribution is -0.119. The van der Waals surface area contributed by atoms with Crippen LogP contribution in [0.3, 0.4) is 0 Å². The molecule has 0 fully saturated rings. The lowest BCUT2D eigenvalue weighted by Gasteiger charge is -2.15. The van der Waals surface area contributed by atoms with Crippen LogP contribution in [0.4, 0.5) is 0 Å². The molecule has 0 unspecified atom stereocenters. The van der Waals surface area contributed by atoms with E-state index in [1.54, 1.807) is 22.0 Å².